The molecule has 0 bridgehead atoms. The van der Waals surface area contributed by atoms with Gasteiger partial charge in [-0.3, -0.25) is 13.9 Å². The lowest BCUT2D eigenvalue weighted by Gasteiger charge is -2.49. The van der Waals surface area contributed by atoms with Crippen molar-refractivity contribution in [2.75, 3.05) is 10.8 Å². The van der Waals surface area contributed by atoms with Crippen LogP contribution in [0.5, 0.6) is 0 Å². The van der Waals surface area contributed by atoms with Gasteiger partial charge in [0.15, 0.2) is 0 Å². The van der Waals surface area contributed by atoms with Gasteiger partial charge in [-0.2, -0.15) is 13.2 Å². The normalized spacial score (nSPS) is 21.2. The Balaban J connectivity index is 1.72. The molecule has 0 spiro atoms. The quantitative estimate of drug-likeness (QED) is 0.217. The summed E-state index contributed by atoms with van der Waals surface area (Å²) in [6, 6.07) is 13.5. The maximum absolute atomic E-state index is 15.1. The van der Waals surface area contributed by atoms with E-state index in [1.165, 1.54) is 42.5 Å². The van der Waals surface area contributed by atoms with Crippen molar-refractivity contribution in [2.24, 2.45) is 0 Å². The third kappa shape index (κ3) is 7.59. The molecule has 1 unspecified atom stereocenters. The van der Waals surface area contributed by atoms with Gasteiger partial charge in [0.2, 0.25) is 10.0 Å². The molecule has 1 aliphatic heterocycles. The number of carboxylic acid groups (broad SMARTS) is 1. The van der Waals surface area contributed by atoms with E-state index in [2.05, 4.69) is 0 Å². The van der Waals surface area contributed by atoms with Crippen LogP contribution < -0.4 is 4.31 Å². The lowest BCUT2D eigenvalue weighted by Crippen LogP contribution is -2.59. The minimum Gasteiger partial charge on any atom is -0.481 e. The fraction of sp³-hybridized carbons (Fsp3) is 0.355. The van der Waals surface area contributed by atoms with Gasteiger partial charge in [0.1, 0.15) is 18.0 Å². The monoisotopic (exact) mass is 702 g/mol. The number of ether oxygens (including phenoxy) is 1. The lowest BCUT2D eigenvalue weighted by atomic mass is 9.89. The van der Waals surface area contributed by atoms with E-state index in [1.54, 1.807) is 18.2 Å². The predicted octanol–water partition coefficient (Wildman–Crippen LogP) is 6.94. The van der Waals surface area contributed by atoms with Gasteiger partial charge < -0.3 is 14.7 Å². The van der Waals surface area contributed by atoms with Crippen molar-refractivity contribution in [3.05, 3.63) is 99.8 Å². The van der Waals surface area contributed by atoms with Crippen LogP contribution in [-0.4, -0.2) is 60.4 Å². The second-order valence-electron chi connectivity index (χ2n) is 11.1. The van der Waals surface area contributed by atoms with Crippen molar-refractivity contribution >= 4 is 50.8 Å². The van der Waals surface area contributed by atoms with Crippen LogP contribution in [-0.2, 0) is 24.3 Å². The molecule has 246 valence electrons. The number of carbonyl (C=O) groups is 2. The van der Waals surface area contributed by atoms with E-state index in [4.69, 9.17) is 27.9 Å². The molecular weight excluding hydrogens is 675 g/mol. The summed E-state index contributed by atoms with van der Waals surface area (Å²) in [6.07, 6.45) is -10.1. The van der Waals surface area contributed by atoms with Crippen LogP contribution in [0.3, 0.4) is 0 Å². The highest BCUT2D eigenvalue weighted by Gasteiger charge is 2.51. The number of morpholine rings is 1. The number of carboxylic acids is 1. The highest BCUT2D eigenvalue weighted by Crippen LogP contribution is 2.46. The summed E-state index contributed by atoms with van der Waals surface area (Å²) >= 11 is 12.4. The zero-order valence-electron chi connectivity index (χ0n) is 23.9. The van der Waals surface area contributed by atoms with Crippen molar-refractivity contribution in [1.29, 1.82) is 0 Å². The second-order valence-corrected chi connectivity index (χ2v) is 14.2. The van der Waals surface area contributed by atoms with Gasteiger partial charge in [-0.1, -0.05) is 59.6 Å². The predicted molar refractivity (Wildman–Crippen MR) is 163 cm³/mol. The molecule has 46 heavy (non-hydrogen) atoms. The van der Waals surface area contributed by atoms with Crippen LogP contribution in [0.4, 0.5) is 23.2 Å². The van der Waals surface area contributed by atoms with E-state index < -0.39 is 88.5 Å². The number of amides is 1. The van der Waals surface area contributed by atoms with Gasteiger partial charge in [-0.05, 0) is 60.4 Å². The molecule has 1 amide bonds. The number of alkyl halides is 3. The first-order chi connectivity index (χ1) is 21.7. The Labute approximate surface area is 272 Å². The van der Waals surface area contributed by atoms with E-state index >= 15 is 4.39 Å². The summed E-state index contributed by atoms with van der Waals surface area (Å²) in [6.45, 7) is -0.975. The minimum absolute atomic E-state index is 0.235. The number of nitrogens with zero attached hydrogens (tertiary/aromatic N) is 2. The molecule has 1 saturated carbocycles. The molecule has 2 fully saturated rings. The number of anilines is 1. The fourth-order valence-corrected chi connectivity index (χ4v) is 7.87. The van der Waals surface area contributed by atoms with Crippen LogP contribution in [0.1, 0.15) is 49.0 Å². The molecule has 8 nitrogen and oxygen atoms in total. The first-order valence-corrected chi connectivity index (χ1v) is 16.4. The molecule has 1 aliphatic carbocycles. The molecule has 1 saturated heterocycles. The summed E-state index contributed by atoms with van der Waals surface area (Å²) in [4.78, 5) is 26.8. The molecular formula is C31H28Cl2F4N2O6S. The first-order valence-electron chi connectivity index (χ1n) is 14.2. The van der Waals surface area contributed by atoms with Crippen LogP contribution in [0.25, 0.3) is 0 Å². The Morgan fingerprint density at radius 3 is 2.26 bits per heavy atom. The average Bonchev–Trinajstić information content (AvgIpc) is 3.83. The second kappa shape index (κ2) is 13.4. The smallest absolute Gasteiger partial charge is 0.391 e. The summed E-state index contributed by atoms with van der Waals surface area (Å²) in [5, 5.41) is 9.20. The number of sulfonamides is 1. The van der Waals surface area contributed by atoms with Crippen molar-refractivity contribution in [3.63, 3.8) is 0 Å². The van der Waals surface area contributed by atoms with E-state index in [0.717, 1.165) is 17.0 Å². The van der Waals surface area contributed by atoms with Crippen LogP contribution >= 0.6 is 23.2 Å². The lowest BCUT2D eigenvalue weighted by molar-refractivity contribution is -0.192. The maximum Gasteiger partial charge on any atom is 0.391 e. The van der Waals surface area contributed by atoms with Crippen LogP contribution in [0.2, 0.25) is 10.0 Å². The zero-order valence-corrected chi connectivity index (χ0v) is 26.2. The number of rotatable bonds is 11. The van der Waals surface area contributed by atoms with Crippen LogP contribution in [0, 0.1) is 5.82 Å². The molecule has 0 aromatic heterocycles. The van der Waals surface area contributed by atoms with Gasteiger partial charge in [-0.15, -0.1) is 0 Å². The standard InChI is InChI=1S/C31H28Cl2F4N2O6S/c32-20-10-8-18(9-11-20)28-29(19-4-3-5-21(33)14-19)45-26(15-27(40)41)30(42)39(28)22(16-31(35,36)37)17-38(46(43,44)23-12-13-23)25-7-2-1-6-24(25)34/h1-11,14,22-23,26,28-29H,12-13,15-17H2,(H,40,41)/t22-,26?,28+,29+/m0/s1. The number of halogens is 6. The molecule has 3 aromatic carbocycles. The van der Waals surface area contributed by atoms with Gasteiger partial charge >= 0.3 is 12.1 Å². The SMILES string of the molecule is O=C(O)CC1O[C@H](c2cccc(Cl)c2)[C@@H](c2ccc(Cl)cc2)N([C@H](CN(c2ccccc2F)S(=O)(=O)C2CC2)CC(F)(F)F)C1=O. The Hall–Kier alpha value is -3.39. The van der Waals surface area contributed by atoms with E-state index in [1.807, 2.05) is 0 Å². The Morgan fingerprint density at radius 1 is 1.00 bits per heavy atom. The Morgan fingerprint density at radius 2 is 1.67 bits per heavy atom. The summed E-state index contributed by atoms with van der Waals surface area (Å²) in [7, 11) is -4.37. The molecule has 2 aliphatic rings. The zero-order chi connectivity index (χ0) is 33.4. The third-order valence-electron chi connectivity index (χ3n) is 7.79. The number of para-hydroxylation sites is 1. The molecule has 3 aromatic rings. The highest BCUT2D eigenvalue weighted by atomic mass is 35.5. The Kier molecular flexibility index (Phi) is 9.88. The highest BCUT2D eigenvalue weighted by molar-refractivity contribution is 7.93. The molecule has 1 N–H and O–H groups in total. The molecule has 1 heterocycles. The van der Waals surface area contributed by atoms with Crippen molar-refractivity contribution in [1.82, 2.24) is 4.90 Å². The number of hydrogen-bond acceptors (Lipinski definition) is 5. The minimum atomic E-state index is -4.94. The van der Waals surface area contributed by atoms with Crippen molar-refractivity contribution in [3.8, 4) is 0 Å². The third-order valence-corrected chi connectivity index (χ3v) is 10.5. The van der Waals surface area contributed by atoms with E-state index in [9.17, 15) is 36.3 Å². The number of hydrogen-bond donors (Lipinski definition) is 1. The fourth-order valence-electron chi connectivity index (χ4n) is 5.65. The molecule has 5 rings (SSSR count). The summed E-state index contributed by atoms with van der Waals surface area (Å²) in [5.41, 5.74) is 0.118. The van der Waals surface area contributed by atoms with Crippen LogP contribution in [0.15, 0.2) is 72.8 Å². The number of carbonyl (C=O) groups excluding carboxylic acids is 1. The van der Waals surface area contributed by atoms with Crippen molar-refractivity contribution < 1.29 is 45.4 Å². The van der Waals surface area contributed by atoms with Gasteiger partial charge in [-0.25, -0.2) is 12.8 Å². The number of benzene rings is 3. The molecule has 15 heteroatoms. The largest absolute Gasteiger partial charge is 0.481 e. The molecule has 0 radical (unpaired) electrons. The molecule has 4 atom stereocenters. The summed E-state index contributed by atoms with van der Waals surface area (Å²) < 4.78 is 92.4. The Bertz CT molecular complexity index is 1710. The number of aliphatic carboxylic acids is 1. The first kappa shape index (κ1) is 34.0. The van der Waals surface area contributed by atoms with E-state index in [0.29, 0.717) is 9.87 Å². The van der Waals surface area contributed by atoms with Crippen molar-refractivity contribution in [2.45, 2.75) is 61.4 Å². The maximum atomic E-state index is 15.1. The summed E-state index contributed by atoms with van der Waals surface area (Å²) in [5.74, 6) is -3.54. The average molecular weight is 704 g/mol. The van der Waals surface area contributed by atoms with Gasteiger partial charge in [0, 0.05) is 10.0 Å². The van der Waals surface area contributed by atoms with Gasteiger partial charge in [0.25, 0.3) is 5.91 Å². The topological polar surface area (TPSA) is 104 Å². The van der Waals surface area contributed by atoms with Gasteiger partial charge in [0.05, 0.1) is 42.4 Å². The van der Waals surface area contributed by atoms with E-state index in [-0.39, 0.29) is 28.5 Å².